The van der Waals surface area contributed by atoms with E-state index in [2.05, 4.69) is 0 Å². The summed E-state index contributed by atoms with van der Waals surface area (Å²) in [7, 11) is 0. The third-order valence-corrected chi connectivity index (χ3v) is 0.556. The van der Waals surface area contributed by atoms with E-state index >= 15 is 0 Å². The monoisotopic (exact) mass is 127 g/mol. The van der Waals surface area contributed by atoms with E-state index in [0.717, 1.165) is 0 Å². The number of hydrogen-bond acceptors (Lipinski definition) is 1. The van der Waals surface area contributed by atoms with Gasteiger partial charge in [-0.1, -0.05) is 0 Å². The van der Waals surface area contributed by atoms with E-state index in [9.17, 15) is 0 Å². The maximum atomic E-state index is 7.90. The molecule has 0 aliphatic rings. The van der Waals surface area contributed by atoms with Gasteiger partial charge in [-0.3, -0.25) is 0 Å². The average molecular weight is 128 g/mol. The fraction of sp³-hybridized carbons (Fsp3) is 0.667. The zero-order chi connectivity index (χ0) is 4.28. The summed E-state index contributed by atoms with van der Waals surface area (Å²) in [6.07, 6.45) is 0. The second-order valence-corrected chi connectivity index (χ2v) is 2.76. The standard InChI is InChI=1S/CN.2CH3.Cu.Li.H/c1-2;;;;;/h;2*1H3;;;. The predicted octanol–water partition coefficient (Wildman–Crippen LogP) is 0.533. The zero-order valence-electron chi connectivity index (χ0n) is 3.25. The third kappa shape index (κ3) is 8.82. The van der Waals surface area contributed by atoms with Crippen molar-refractivity contribution in [3.63, 3.8) is 0 Å². The molecule has 0 saturated heterocycles. The fourth-order valence-electron chi connectivity index (χ4n) is 0. The summed E-state index contributed by atoms with van der Waals surface area (Å²) in [5, 5.41) is 7.90. The Bertz CT molecular complexity index is 56.3. The van der Waals surface area contributed by atoms with Crippen LogP contribution in [0, 0.1) is 10.2 Å². The van der Waals surface area contributed by atoms with Gasteiger partial charge in [0.25, 0.3) is 0 Å². The Morgan fingerprint density at radius 1 is 1.50 bits per heavy atom. The second kappa shape index (κ2) is 5.61. The van der Waals surface area contributed by atoms with E-state index in [1.165, 1.54) is 0 Å². The van der Waals surface area contributed by atoms with Crippen LogP contribution in [0.5, 0.6) is 0 Å². The molecule has 1 nitrogen and oxygen atoms in total. The van der Waals surface area contributed by atoms with Crippen LogP contribution >= 0.6 is 0 Å². The van der Waals surface area contributed by atoms with E-state index in [0.29, 0.717) is 0 Å². The van der Waals surface area contributed by atoms with Crippen molar-refractivity contribution in [2.75, 3.05) is 0 Å². The quantitative estimate of drug-likeness (QED) is 0.436. The van der Waals surface area contributed by atoms with Crippen molar-refractivity contribution in [1.29, 1.82) is 5.26 Å². The first-order valence-corrected chi connectivity index (χ1v) is 3.33. The summed E-state index contributed by atoms with van der Waals surface area (Å²) in [6.45, 7) is 0. The molecule has 0 aromatic heterocycles. The topological polar surface area (TPSA) is 23.8 Å². The predicted molar refractivity (Wildman–Crippen MR) is 24.5 cm³/mol. The van der Waals surface area contributed by atoms with Crippen LogP contribution in [-0.4, -0.2) is 18.9 Å². The van der Waals surface area contributed by atoms with Gasteiger partial charge in [0.2, 0.25) is 0 Å². The molecular weight excluding hydrogens is 121 g/mol. The van der Waals surface area contributed by atoms with Gasteiger partial charge < -0.3 is 0 Å². The van der Waals surface area contributed by atoms with Crippen LogP contribution < -0.4 is 0 Å². The molecule has 0 amide bonds. The first-order valence-electron chi connectivity index (χ1n) is 0.977. The van der Waals surface area contributed by atoms with E-state index in [1.54, 1.807) is 0 Å². The number of nitriles is 1. The molecule has 36 valence electrons. The van der Waals surface area contributed by atoms with Gasteiger partial charge in [-0.2, -0.15) is 0 Å². The van der Waals surface area contributed by atoms with Crippen molar-refractivity contribution in [1.82, 2.24) is 0 Å². The van der Waals surface area contributed by atoms with Gasteiger partial charge in [-0.25, -0.2) is 0 Å². The molecule has 0 heterocycles. The Balaban J connectivity index is 0. The van der Waals surface area contributed by atoms with E-state index in [4.69, 9.17) is 5.26 Å². The summed E-state index contributed by atoms with van der Waals surface area (Å²) < 4.78 is 0. The molecule has 0 aromatic rings. The molecule has 0 spiro atoms. The average Bonchev–Trinajstić information content (AvgIpc) is 1.38. The molecule has 0 aromatic carbocycles. The maximum absolute atomic E-state index is 7.90. The molecule has 0 rings (SSSR count). The van der Waals surface area contributed by atoms with E-state index in [1.807, 2.05) is 16.6 Å². The molecule has 3 heteroatoms. The van der Waals surface area contributed by atoms with Crippen LogP contribution in [0.4, 0.5) is 0 Å². The Kier molecular flexibility index (Phi) is 9.15. The van der Waals surface area contributed by atoms with Crippen LogP contribution in [0.25, 0.3) is 0 Å². The van der Waals surface area contributed by atoms with Gasteiger partial charge in [0.15, 0.2) is 0 Å². The molecule has 6 heavy (non-hydrogen) atoms. The Morgan fingerprint density at radius 2 is 1.67 bits per heavy atom. The number of nitrogens with zero attached hydrogens (tertiary/aromatic N) is 1. The summed E-state index contributed by atoms with van der Waals surface area (Å²) in [5.41, 5.74) is 0. The van der Waals surface area contributed by atoms with Crippen molar-refractivity contribution in [3.05, 3.63) is 0 Å². The fourth-order valence-corrected chi connectivity index (χ4v) is 0. The van der Waals surface area contributed by atoms with Crippen LogP contribution in [-0.2, 0) is 13.9 Å². The Labute approximate surface area is 54.8 Å². The van der Waals surface area contributed by atoms with Gasteiger partial charge in [-0.05, 0) is 0 Å². The minimum absolute atomic E-state index is 0. The molecule has 0 atom stereocenters. The molecule has 0 fully saturated rings. The van der Waals surface area contributed by atoms with Crippen molar-refractivity contribution >= 4 is 18.9 Å². The normalized spacial score (nSPS) is 7.83. The van der Waals surface area contributed by atoms with Gasteiger partial charge in [0.05, 0.1) is 0 Å². The molecule has 0 saturated carbocycles. The number of hydrogen-bond donors (Lipinski definition) is 0. The summed E-state index contributed by atoms with van der Waals surface area (Å²) in [6, 6.07) is 0. The van der Waals surface area contributed by atoms with Crippen molar-refractivity contribution in [2.24, 2.45) is 0 Å². The summed E-state index contributed by atoms with van der Waals surface area (Å²) >= 11 is 0.0347. The Morgan fingerprint density at radius 3 is 1.67 bits per heavy atom. The van der Waals surface area contributed by atoms with Crippen LogP contribution in [0.1, 0.15) is 0 Å². The summed E-state index contributed by atoms with van der Waals surface area (Å²) in [4.78, 5) is 2.05. The van der Waals surface area contributed by atoms with Gasteiger partial charge >= 0.3 is 54.6 Å². The van der Waals surface area contributed by atoms with Crippen molar-refractivity contribution in [2.45, 2.75) is 11.6 Å². The van der Waals surface area contributed by atoms with Crippen LogP contribution in [0.2, 0.25) is 11.6 Å². The van der Waals surface area contributed by atoms with Crippen molar-refractivity contribution in [3.8, 4) is 4.97 Å². The SMILES string of the molecule is [CH3][Cu]([CH3])[C]#N.[LiH]. The van der Waals surface area contributed by atoms with E-state index < -0.39 is 0 Å². The first-order chi connectivity index (χ1) is 2.27. The molecule has 0 aliphatic carbocycles. The molecular formula is C3H7CuLiN. The zero-order valence-corrected chi connectivity index (χ0v) is 4.19. The van der Waals surface area contributed by atoms with Gasteiger partial charge in [-0.15, -0.1) is 0 Å². The first kappa shape index (κ1) is 9.79. The second-order valence-electron chi connectivity index (χ2n) is 0.670. The van der Waals surface area contributed by atoms with Gasteiger partial charge in [0, 0.05) is 0 Å². The molecule has 0 aliphatic heterocycles. The van der Waals surface area contributed by atoms with Crippen molar-refractivity contribution < 1.29 is 13.9 Å². The van der Waals surface area contributed by atoms with Crippen LogP contribution in [0.15, 0.2) is 0 Å². The van der Waals surface area contributed by atoms with E-state index in [-0.39, 0.29) is 32.8 Å². The van der Waals surface area contributed by atoms with Crippen LogP contribution in [0.3, 0.4) is 0 Å². The van der Waals surface area contributed by atoms with Gasteiger partial charge in [0.1, 0.15) is 0 Å². The minimum atomic E-state index is 0. The molecule has 0 unspecified atom stereocenters. The third-order valence-electron chi connectivity index (χ3n) is 0.135. The molecule has 0 bridgehead atoms. The molecule has 0 N–H and O–H groups in total. The number of rotatable bonds is 0. The Hall–Kier alpha value is 0.607. The molecule has 0 radical (unpaired) electrons. The summed E-state index contributed by atoms with van der Waals surface area (Å²) in [5.74, 6) is 3.76.